The van der Waals surface area contributed by atoms with Gasteiger partial charge in [0.05, 0.1) is 22.5 Å². The molecule has 2 bridgehead atoms. The lowest BCUT2D eigenvalue weighted by Gasteiger charge is -2.46. The van der Waals surface area contributed by atoms with E-state index in [9.17, 15) is 9.59 Å². The predicted octanol–water partition coefficient (Wildman–Crippen LogP) is 5.95. The van der Waals surface area contributed by atoms with Crippen LogP contribution in [0.2, 0.25) is 10.0 Å². The lowest BCUT2D eigenvalue weighted by molar-refractivity contribution is -0.122. The van der Waals surface area contributed by atoms with E-state index in [-0.39, 0.29) is 23.7 Å². The van der Waals surface area contributed by atoms with E-state index in [1.54, 1.807) is 18.2 Å². The molecule has 0 spiro atoms. The van der Waals surface area contributed by atoms with Crippen molar-refractivity contribution in [2.45, 2.75) is 25.2 Å². The van der Waals surface area contributed by atoms with Gasteiger partial charge in [-0.05, 0) is 52.4 Å². The molecule has 3 aromatic carbocycles. The van der Waals surface area contributed by atoms with Crippen LogP contribution in [0.5, 0.6) is 0 Å². The number of nitrogens with zero attached hydrogens (tertiary/aromatic N) is 1. The Kier molecular flexibility index (Phi) is 4.12. The van der Waals surface area contributed by atoms with Crippen molar-refractivity contribution in [3.8, 4) is 0 Å². The van der Waals surface area contributed by atoms with Gasteiger partial charge in [0.15, 0.2) is 0 Å². The summed E-state index contributed by atoms with van der Waals surface area (Å²) >= 11 is 12.5. The van der Waals surface area contributed by atoms with Crippen molar-refractivity contribution in [1.29, 1.82) is 0 Å². The normalized spacial score (nSPS) is 25.5. The first-order chi connectivity index (χ1) is 15.0. The minimum atomic E-state index is -0.418. The Morgan fingerprint density at radius 3 is 2.00 bits per heavy atom. The number of carbonyl (C=O) groups excluding carboxylic acids is 2. The maximum absolute atomic E-state index is 13.8. The molecule has 7 rings (SSSR count). The van der Waals surface area contributed by atoms with E-state index >= 15 is 0 Å². The van der Waals surface area contributed by atoms with Gasteiger partial charge < -0.3 is 0 Å². The van der Waals surface area contributed by atoms with E-state index in [4.69, 9.17) is 23.2 Å². The third kappa shape index (κ3) is 2.48. The average Bonchev–Trinajstić information content (AvgIpc) is 3.04. The van der Waals surface area contributed by atoms with E-state index in [1.165, 1.54) is 27.2 Å². The third-order valence-corrected chi connectivity index (χ3v) is 7.70. The second-order valence-corrected chi connectivity index (χ2v) is 9.40. The first-order valence-electron chi connectivity index (χ1n) is 10.6. The molecular formula is C26H19Cl2NO2. The van der Waals surface area contributed by atoms with Crippen LogP contribution in [-0.2, 0) is 16.0 Å². The summed E-state index contributed by atoms with van der Waals surface area (Å²) in [6, 6.07) is 19.7. The second kappa shape index (κ2) is 6.69. The minimum Gasteiger partial charge on any atom is -0.274 e. The molecule has 0 aromatic heterocycles. The molecule has 0 N–H and O–H groups in total. The second-order valence-electron chi connectivity index (χ2n) is 8.56. The molecule has 4 unspecified atom stereocenters. The monoisotopic (exact) mass is 447 g/mol. The largest absolute Gasteiger partial charge is 0.274 e. The van der Waals surface area contributed by atoms with Gasteiger partial charge in [-0.15, -0.1) is 0 Å². The SMILES string of the molecule is CCc1ccc2c(c1)C1c3ccccc3C2C2C(=O)N(c3ccc(Cl)cc3Cl)C(=O)C12. The Morgan fingerprint density at radius 2 is 1.39 bits per heavy atom. The van der Waals surface area contributed by atoms with Gasteiger partial charge in [-0.25, -0.2) is 4.90 Å². The molecule has 154 valence electrons. The number of anilines is 1. The zero-order valence-electron chi connectivity index (χ0n) is 16.8. The molecule has 1 fully saturated rings. The molecule has 5 heteroatoms. The molecule has 1 aliphatic heterocycles. The summed E-state index contributed by atoms with van der Waals surface area (Å²) in [5.74, 6) is -1.43. The zero-order chi connectivity index (χ0) is 21.4. The smallest absolute Gasteiger partial charge is 0.238 e. The van der Waals surface area contributed by atoms with E-state index in [1.807, 2.05) is 12.1 Å². The molecule has 31 heavy (non-hydrogen) atoms. The number of hydrogen-bond acceptors (Lipinski definition) is 2. The van der Waals surface area contributed by atoms with Crippen LogP contribution in [0.25, 0.3) is 0 Å². The number of halogens is 2. The van der Waals surface area contributed by atoms with Gasteiger partial charge in [-0.1, -0.05) is 72.6 Å². The summed E-state index contributed by atoms with van der Waals surface area (Å²) in [5, 5.41) is 0.778. The summed E-state index contributed by atoms with van der Waals surface area (Å²) in [4.78, 5) is 28.8. The first kappa shape index (κ1) is 19.1. The van der Waals surface area contributed by atoms with Gasteiger partial charge >= 0.3 is 0 Å². The molecule has 3 aliphatic carbocycles. The number of hydrogen-bond donors (Lipinski definition) is 0. The fourth-order valence-corrected chi connectivity index (χ4v) is 6.39. The van der Waals surface area contributed by atoms with Crippen LogP contribution in [0.1, 0.15) is 46.6 Å². The highest BCUT2D eigenvalue weighted by molar-refractivity contribution is 6.38. The van der Waals surface area contributed by atoms with Gasteiger partial charge in [0.25, 0.3) is 0 Å². The Bertz CT molecular complexity index is 1280. The molecule has 2 amide bonds. The van der Waals surface area contributed by atoms with Crippen LogP contribution < -0.4 is 4.90 Å². The first-order valence-corrected chi connectivity index (χ1v) is 11.3. The van der Waals surface area contributed by atoms with Crippen molar-refractivity contribution in [3.05, 3.63) is 98.5 Å². The molecule has 3 aromatic rings. The molecule has 4 atom stereocenters. The molecule has 0 radical (unpaired) electrons. The Morgan fingerprint density at radius 1 is 0.774 bits per heavy atom. The highest BCUT2D eigenvalue weighted by Crippen LogP contribution is 2.61. The maximum Gasteiger partial charge on any atom is 0.238 e. The number of rotatable bonds is 2. The minimum absolute atomic E-state index is 0.125. The summed E-state index contributed by atoms with van der Waals surface area (Å²) in [5.41, 5.74) is 6.35. The van der Waals surface area contributed by atoms with Crippen LogP contribution in [0.15, 0.2) is 60.7 Å². The summed E-state index contributed by atoms with van der Waals surface area (Å²) in [6.07, 6.45) is 0.930. The molecule has 1 heterocycles. The average molecular weight is 448 g/mol. The predicted molar refractivity (Wildman–Crippen MR) is 122 cm³/mol. The topological polar surface area (TPSA) is 37.4 Å². The summed E-state index contributed by atoms with van der Waals surface area (Å²) in [7, 11) is 0. The fourth-order valence-electron chi connectivity index (χ4n) is 5.90. The number of carbonyl (C=O) groups is 2. The Labute approximate surface area is 190 Å². The van der Waals surface area contributed by atoms with Crippen LogP contribution in [0.3, 0.4) is 0 Å². The van der Waals surface area contributed by atoms with Crippen LogP contribution in [-0.4, -0.2) is 11.8 Å². The van der Waals surface area contributed by atoms with Crippen LogP contribution in [0, 0.1) is 11.8 Å². The molecule has 0 saturated carbocycles. The number of amides is 2. The molecule has 1 saturated heterocycles. The third-order valence-electron chi connectivity index (χ3n) is 7.16. The van der Waals surface area contributed by atoms with Gasteiger partial charge in [0, 0.05) is 16.9 Å². The van der Waals surface area contributed by atoms with Crippen LogP contribution in [0.4, 0.5) is 5.69 Å². The molecule has 3 nitrogen and oxygen atoms in total. The lowest BCUT2D eigenvalue weighted by atomic mass is 9.55. The van der Waals surface area contributed by atoms with Crippen molar-refractivity contribution < 1.29 is 9.59 Å². The van der Waals surface area contributed by atoms with Crippen LogP contribution >= 0.6 is 23.2 Å². The quantitative estimate of drug-likeness (QED) is 0.454. The van der Waals surface area contributed by atoms with E-state index in [0.717, 1.165) is 12.0 Å². The maximum atomic E-state index is 13.8. The standard InChI is InChI=1S/C26H19Cl2NO2/c1-2-13-7-9-17-18(11-13)22-16-6-4-3-5-15(16)21(17)23-24(22)26(31)29(25(23)30)20-10-8-14(27)12-19(20)28/h3-12,21-24H,2H2,1H3. The van der Waals surface area contributed by atoms with Crippen molar-refractivity contribution >= 4 is 40.7 Å². The number of imide groups is 1. The van der Waals surface area contributed by atoms with Crippen molar-refractivity contribution in [3.63, 3.8) is 0 Å². The fraction of sp³-hybridized carbons (Fsp3) is 0.231. The van der Waals surface area contributed by atoms with Gasteiger partial charge in [-0.3, -0.25) is 9.59 Å². The van der Waals surface area contributed by atoms with Crippen molar-refractivity contribution in [2.24, 2.45) is 11.8 Å². The highest BCUT2D eigenvalue weighted by Gasteiger charge is 2.62. The van der Waals surface area contributed by atoms with Crippen molar-refractivity contribution in [2.75, 3.05) is 4.90 Å². The van der Waals surface area contributed by atoms with E-state index in [2.05, 4.69) is 37.3 Å². The number of benzene rings is 3. The summed E-state index contributed by atoms with van der Waals surface area (Å²) < 4.78 is 0. The lowest BCUT2D eigenvalue weighted by Crippen LogP contribution is -2.41. The highest BCUT2D eigenvalue weighted by atomic mass is 35.5. The van der Waals surface area contributed by atoms with E-state index < -0.39 is 11.8 Å². The van der Waals surface area contributed by atoms with Crippen molar-refractivity contribution in [1.82, 2.24) is 0 Å². The zero-order valence-corrected chi connectivity index (χ0v) is 18.3. The van der Waals surface area contributed by atoms with Gasteiger partial charge in [0.1, 0.15) is 0 Å². The Hall–Kier alpha value is -2.62. The number of aryl methyl sites for hydroxylation is 1. The molecular weight excluding hydrogens is 429 g/mol. The Balaban J connectivity index is 1.57. The summed E-state index contributed by atoms with van der Waals surface area (Å²) in [6.45, 7) is 2.13. The van der Waals surface area contributed by atoms with Gasteiger partial charge in [0.2, 0.25) is 11.8 Å². The van der Waals surface area contributed by atoms with E-state index in [0.29, 0.717) is 15.7 Å². The van der Waals surface area contributed by atoms with Gasteiger partial charge in [-0.2, -0.15) is 0 Å². The molecule has 4 aliphatic rings.